The van der Waals surface area contributed by atoms with Crippen LogP contribution in [0.5, 0.6) is 5.75 Å². The van der Waals surface area contributed by atoms with Gasteiger partial charge < -0.3 is 19.9 Å². The number of fused-ring (bicyclic) bond motifs is 1. The van der Waals surface area contributed by atoms with E-state index in [0.717, 1.165) is 23.0 Å². The predicted octanol–water partition coefficient (Wildman–Crippen LogP) is 2.62. The number of nitrogens with one attached hydrogen (secondary N) is 2. The van der Waals surface area contributed by atoms with E-state index < -0.39 is 0 Å². The summed E-state index contributed by atoms with van der Waals surface area (Å²) in [4.78, 5) is 34.0. The van der Waals surface area contributed by atoms with Crippen LogP contribution in [0.25, 0.3) is 16.6 Å². The number of ether oxygens (including phenoxy) is 1. The molecule has 0 atom stereocenters. The predicted molar refractivity (Wildman–Crippen MR) is 111 cm³/mol. The maximum atomic E-state index is 12.5. The van der Waals surface area contributed by atoms with E-state index in [-0.39, 0.29) is 18.4 Å². The first-order chi connectivity index (χ1) is 14.2. The Morgan fingerprint density at radius 3 is 2.79 bits per heavy atom. The van der Waals surface area contributed by atoms with Crippen LogP contribution in [0.3, 0.4) is 0 Å². The van der Waals surface area contributed by atoms with Crippen LogP contribution >= 0.6 is 0 Å². The fourth-order valence-electron chi connectivity index (χ4n) is 3.47. The molecule has 2 amide bonds. The molecule has 148 valence electrons. The lowest BCUT2D eigenvalue weighted by molar-refractivity contribution is -0.129. The number of H-pyrrole nitrogens is 1. The topological polar surface area (TPSA) is 87.3 Å². The zero-order valence-corrected chi connectivity index (χ0v) is 16.1. The van der Waals surface area contributed by atoms with E-state index in [1.54, 1.807) is 42.5 Å². The number of pyridine rings is 1. The summed E-state index contributed by atoms with van der Waals surface area (Å²) >= 11 is 0. The molecule has 3 heterocycles. The highest BCUT2D eigenvalue weighted by Crippen LogP contribution is 2.28. The van der Waals surface area contributed by atoms with Gasteiger partial charge in [-0.05, 0) is 48.4 Å². The highest BCUT2D eigenvalue weighted by atomic mass is 16.5. The van der Waals surface area contributed by atoms with Crippen LogP contribution in [0.1, 0.15) is 22.3 Å². The molecule has 0 radical (unpaired) electrons. The number of benzene rings is 1. The average molecular weight is 390 g/mol. The minimum Gasteiger partial charge on any atom is -0.497 e. The lowest BCUT2D eigenvalue weighted by Gasteiger charge is -2.26. The van der Waals surface area contributed by atoms with Crippen molar-refractivity contribution in [3.63, 3.8) is 0 Å². The van der Waals surface area contributed by atoms with Gasteiger partial charge in [0.05, 0.1) is 13.7 Å². The first-order valence-corrected chi connectivity index (χ1v) is 9.47. The van der Waals surface area contributed by atoms with E-state index in [9.17, 15) is 9.59 Å². The molecule has 0 aliphatic carbocycles. The number of hydrogen-bond donors (Lipinski definition) is 2. The van der Waals surface area contributed by atoms with Crippen molar-refractivity contribution in [2.24, 2.45) is 0 Å². The lowest BCUT2D eigenvalue weighted by atomic mass is 9.99. The summed E-state index contributed by atoms with van der Waals surface area (Å²) in [7, 11) is 1.57. The minimum atomic E-state index is -0.277. The Labute approximate surface area is 168 Å². The van der Waals surface area contributed by atoms with Crippen molar-refractivity contribution >= 4 is 28.4 Å². The molecule has 0 saturated carbocycles. The van der Waals surface area contributed by atoms with Gasteiger partial charge in [-0.1, -0.05) is 6.08 Å². The standard InChI is InChI=1S/C22H22N4O3/c1-29-17-6-4-16(5-7-17)22(28)25-14-20(27)26-11-8-15(9-12-26)19-13-24-21-18(19)3-2-10-23-21/h2-8,10,13H,9,11-12,14H2,1H3,(H,23,24)(H,25,28). The maximum absolute atomic E-state index is 12.5. The summed E-state index contributed by atoms with van der Waals surface area (Å²) in [6.45, 7) is 1.13. The van der Waals surface area contributed by atoms with Crippen molar-refractivity contribution in [2.75, 3.05) is 26.7 Å². The van der Waals surface area contributed by atoms with Gasteiger partial charge in [-0.3, -0.25) is 9.59 Å². The van der Waals surface area contributed by atoms with Crippen LogP contribution in [-0.2, 0) is 4.79 Å². The van der Waals surface area contributed by atoms with E-state index in [1.807, 2.05) is 18.3 Å². The Morgan fingerprint density at radius 2 is 2.07 bits per heavy atom. The smallest absolute Gasteiger partial charge is 0.251 e. The molecule has 0 fully saturated rings. The van der Waals surface area contributed by atoms with Crippen LogP contribution in [0.2, 0.25) is 0 Å². The number of aromatic nitrogens is 2. The average Bonchev–Trinajstić information content (AvgIpc) is 3.21. The fraction of sp³-hybridized carbons (Fsp3) is 0.227. The van der Waals surface area contributed by atoms with Crippen LogP contribution in [0, 0.1) is 0 Å². The second kappa shape index (κ2) is 8.18. The maximum Gasteiger partial charge on any atom is 0.251 e. The Bertz CT molecular complexity index is 1070. The van der Waals surface area contributed by atoms with Gasteiger partial charge in [-0.25, -0.2) is 4.98 Å². The summed E-state index contributed by atoms with van der Waals surface area (Å²) in [6, 6.07) is 10.7. The number of amides is 2. The monoisotopic (exact) mass is 390 g/mol. The highest BCUT2D eigenvalue weighted by molar-refractivity contribution is 5.96. The molecule has 2 aromatic heterocycles. The van der Waals surface area contributed by atoms with E-state index in [1.165, 1.54) is 5.57 Å². The van der Waals surface area contributed by atoms with Gasteiger partial charge in [0.15, 0.2) is 0 Å². The van der Waals surface area contributed by atoms with Crippen molar-refractivity contribution in [1.82, 2.24) is 20.2 Å². The molecule has 0 bridgehead atoms. The molecule has 7 nitrogen and oxygen atoms in total. The zero-order chi connectivity index (χ0) is 20.2. The molecule has 1 aliphatic rings. The molecular weight excluding hydrogens is 368 g/mol. The number of rotatable bonds is 5. The summed E-state index contributed by atoms with van der Waals surface area (Å²) < 4.78 is 5.08. The molecule has 0 saturated heterocycles. The summed E-state index contributed by atoms with van der Waals surface area (Å²) in [5.74, 6) is 0.308. The normalized spacial score (nSPS) is 13.8. The second-order valence-corrected chi connectivity index (χ2v) is 6.83. The van der Waals surface area contributed by atoms with Gasteiger partial charge in [-0.15, -0.1) is 0 Å². The Kier molecular flexibility index (Phi) is 5.29. The number of methoxy groups -OCH3 is 1. The molecule has 0 spiro atoms. The van der Waals surface area contributed by atoms with Crippen molar-refractivity contribution in [1.29, 1.82) is 0 Å². The largest absolute Gasteiger partial charge is 0.497 e. The third kappa shape index (κ3) is 3.99. The van der Waals surface area contributed by atoms with Crippen molar-refractivity contribution in [2.45, 2.75) is 6.42 Å². The van der Waals surface area contributed by atoms with E-state index in [4.69, 9.17) is 4.74 Å². The molecule has 2 N–H and O–H groups in total. The first-order valence-electron chi connectivity index (χ1n) is 9.47. The van der Waals surface area contributed by atoms with Crippen LogP contribution in [0.4, 0.5) is 0 Å². The van der Waals surface area contributed by atoms with Gasteiger partial charge >= 0.3 is 0 Å². The number of aromatic amines is 1. The van der Waals surface area contributed by atoms with Gasteiger partial charge in [0.2, 0.25) is 5.91 Å². The van der Waals surface area contributed by atoms with Crippen molar-refractivity contribution < 1.29 is 14.3 Å². The molecule has 29 heavy (non-hydrogen) atoms. The number of nitrogens with zero attached hydrogens (tertiary/aromatic N) is 2. The third-order valence-corrected chi connectivity index (χ3v) is 5.11. The second-order valence-electron chi connectivity index (χ2n) is 6.83. The van der Waals surface area contributed by atoms with Crippen LogP contribution in [0.15, 0.2) is 54.9 Å². The lowest BCUT2D eigenvalue weighted by Crippen LogP contribution is -2.42. The Balaban J connectivity index is 1.34. The summed E-state index contributed by atoms with van der Waals surface area (Å²) in [6.07, 6.45) is 6.57. The van der Waals surface area contributed by atoms with E-state index in [0.29, 0.717) is 24.4 Å². The molecule has 1 aromatic carbocycles. The van der Waals surface area contributed by atoms with E-state index in [2.05, 4.69) is 21.4 Å². The molecule has 3 aromatic rings. The Morgan fingerprint density at radius 1 is 1.24 bits per heavy atom. The zero-order valence-electron chi connectivity index (χ0n) is 16.1. The molecule has 4 rings (SSSR count). The third-order valence-electron chi connectivity index (χ3n) is 5.11. The minimum absolute atomic E-state index is 0.0228. The fourth-order valence-corrected chi connectivity index (χ4v) is 3.47. The molecule has 7 heteroatoms. The van der Waals surface area contributed by atoms with Crippen LogP contribution in [-0.4, -0.2) is 53.4 Å². The highest BCUT2D eigenvalue weighted by Gasteiger charge is 2.20. The summed E-state index contributed by atoms with van der Waals surface area (Å²) in [5, 5.41) is 3.78. The number of hydrogen-bond acceptors (Lipinski definition) is 4. The Hall–Kier alpha value is -3.61. The SMILES string of the molecule is COc1ccc(C(=O)NCC(=O)N2CC=C(c3c[nH]c4ncccc34)CC2)cc1. The number of carbonyl (C=O) groups is 2. The van der Waals surface area contributed by atoms with Crippen molar-refractivity contribution in [3.05, 3.63) is 66.0 Å². The summed E-state index contributed by atoms with van der Waals surface area (Å²) in [5.41, 5.74) is 3.69. The van der Waals surface area contributed by atoms with Crippen LogP contribution < -0.4 is 10.1 Å². The first kappa shape index (κ1) is 18.7. The van der Waals surface area contributed by atoms with E-state index >= 15 is 0 Å². The molecule has 0 unspecified atom stereocenters. The number of carbonyl (C=O) groups excluding carboxylic acids is 2. The van der Waals surface area contributed by atoms with Gasteiger partial charge in [0, 0.05) is 42.0 Å². The van der Waals surface area contributed by atoms with Gasteiger partial charge in [0.1, 0.15) is 11.4 Å². The quantitative estimate of drug-likeness (QED) is 0.701. The molecular formula is C22H22N4O3. The van der Waals surface area contributed by atoms with Gasteiger partial charge in [-0.2, -0.15) is 0 Å². The van der Waals surface area contributed by atoms with Gasteiger partial charge in [0.25, 0.3) is 5.91 Å². The van der Waals surface area contributed by atoms with Crippen molar-refractivity contribution in [3.8, 4) is 5.75 Å². The molecule has 1 aliphatic heterocycles.